The Morgan fingerprint density at radius 2 is 1.55 bits per heavy atom. The Hall–Kier alpha value is -4.30. The highest BCUT2D eigenvalue weighted by Crippen LogP contribution is 2.49. The molecule has 1 amide bonds. The summed E-state index contributed by atoms with van der Waals surface area (Å²) >= 11 is 6.46. The number of aryl methyl sites for hydroxylation is 1. The van der Waals surface area contributed by atoms with Gasteiger partial charge < -0.3 is 18.7 Å². The molecule has 4 aromatic rings. The van der Waals surface area contributed by atoms with E-state index in [9.17, 15) is 9.59 Å². The number of rotatable bonds is 9. The van der Waals surface area contributed by atoms with E-state index in [-0.39, 0.29) is 12.6 Å². The maximum atomic E-state index is 13.1. The van der Waals surface area contributed by atoms with E-state index in [0.29, 0.717) is 51.5 Å². The fraction of sp³-hybridized carbons (Fsp3) is 0.258. The summed E-state index contributed by atoms with van der Waals surface area (Å²) in [5, 5.41) is 4.51. The van der Waals surface area contributed by atoms with Crippen molar-refractivity contribution in [3.05, 3.63) is 89.1 Å². The van der Waals surface area contributed by atoms with Gasteiger partial charge in [-0.1, -0.05) is 41.0 Å². The van der Waals surface area contributed by atoms with E-state index >= 15 is 0 Å². The SMILES string of the molecule is CCOC(=O)N(c1ccccc1Cl)c1c(C)noc1-c1ccc(Oc2ccc(C3(C(=O)OCC)CC3)cc2)cc1. The first-order valence-electron chi connectivity index (χ1n) is 13.1. The van der Waals surface area contributed by atoms with E-state index in [1.54, 1.807) is 50.2 Å². The number of ether oxygens (including phenoxy) is 3. The second kappa shape index (κ2) is 11.4. The number of para-hydroxylation sites is 1. The molecule has 9 heteroatoms. The van der Waals surface area contributed by atoms with Crippen LogP contribution in [0.25, 0.3) is 11.3 Å². The van der Waals surface area contributed by atoms with Gasteiger partial charge in [0.1, 0.15) is 22.9 Å². The van der Waals surface area contributed by atoms with Gasteiger partial charge in [-0.25, -0.2) is 9.69 Å². The normalized spacial score (nSPS) is 13.4. The van der Waals surface area contributed by atoms with E-state index in [1.807, 2.05) is 43.3 Å². The molecule has 1 heterocycles. The Kier molecular flexibility index (Phi) is 7.80. The molecule has 1 fully saturated rings. The molecule has 8 nitrogen and oxygen atoms in total. The summed E-state index contributed by atoms with van der Waals surface area (Å²) in [5.74, 6) is 1.46. The van der Waals surface area contributed by atoms with Crippen LogP contribution in [0.15, 0.2) is 77.3 Å². The quantitative estimate of drug-likeness (QED) is 0.192. The molecule has 0 saturated heterocycles. The minimum Gasteiger partial charge on any atom is -0.465 e. The van der Waals surface area contributed by atoms with Crippen molar-refractivity contribution >= 4 is 35.0 Å². The summed E-state index contributed by atoms with van der Waals surface area (Å²) in [5.41, 5.74) is 2.49. The molecule has 206 valence electrons. The Bertz CT molecular complexity index is 1510. The third-order valence-corrected chi connectivity index (χ3v) is 7.09. The van der Waals surface area contributed by atoms with Crippen LogP contribution in [0, 0.1) is 6.92 Å². The van der Waals surface area contributed by atoms with Crippen molar-refractivity contribution in [2.45, 2.75) is 39.0 Å². The van der Waals surface area contributed by atoms with E-state index in [4.69, 9.17) is 30.3 Å². The molecule has 0 aliphatic heterocycles. The molecule has 40 heavy (non-hydrogen) atoms. The lowest BCUT2D eigenvalue weighted by Crippen LogP contribution is -2.27. The highest BCUT2D eigenvalue weighted by molar-refractivity contribution is 6.34. The van der Waals surface area contributed by atoms with Crippen molar-refractivity contribution in [1.29, 1.82) is 0 Å². The number of hydrogen-bond donors (Lipinski definition) is 0. The minimum absolute atomic E-state index is 0.169. The van der Waals surface area contributed by atoms with Gasteiger partial charge in [0.05, 0.1) is 29.3 Å². The van der Waals surface area contributed by atoms with E-state index in [1.165, 1.54) is 4.90 Å². The van der Waals surface area contributed by atoms with Crippen molar-refractivity contribution in [3.8, 4) is 22.8 Å². The van der Waals surface area contributed by atoms with Crippen LogP contribution in [0.4, 0.5) is 16.2 Å². The number of hydrogen-bond acceptors (Lipinski definition) is 7. The number of carbonyl (C=O) groups is 2. The number of benzene rings is 3. The second-order valence-corrected chi connectivity index (χ2v) is 9.79. The zero-order valence-electron chi connectivity index (χ0n) is 22.5. The molecule has 0 unspecified atom stereocenters. The smallest absolute Gasteiger partial charge is 0.419 e. The van der Waals surface area contributed by atoms with E-state index < -0.39 is 11.5 Å². The molecule has 0 bridgehead atoms. The lowest BCUT2D eigenvalue weighted by Gasteiger charge is -2.23. The Morgan fingerprint density at radius 1 is 0.925 bits per heavy atom. The second-order valence-electron chi connectivity index (χ2n) is 9.38. The first kappa shape index (κ1) is 27.3. The molecule has 1 aliphatic rings. The third-order valence-electron chi connectivity index (χ3n) is 6.77. The summed E-state index contributed by atoms with van der Waals surface area (Å²) in [6.07, 6.45) is 0.990. The highest BCUT2D eigenvalue weighted by atomic mass is 35.5. The Morgan fingerprint density at radius 3 is 2.15 bits per heavy atom. The minimum atomic E-state index is -0.595. The average Bonchev–Trinajstić information content (AvgIpc) is 3.69. The lowest BCUT2D eigenvalue weighted by molar-refractivity contribution is -0.146. The van der Waals surface area contributed by atoms with Gasteiger partial charge in [0.25, 0.3) is 0 Å². The van der Waals surface area contributed by atoms with Crippen molar-refractivity contribution in [2.24, 2.45) is 0 Å². The van der Waals surface area contributed by atoms with Crippen LogP contribution in [0.3, 0.4) is 0 Å². The van der Waals surface area contributed by atoms with Gasteiger partial charge in [-0.3, -0.25) is 4.79 Å². The van der Waals surface area contributed by atoms with Crippen LogP contribution in [-0.2, 0) is 19.7 Å². The highest BCUT2D eigenvalue weighted by Gasteiger charge is 2.52. The van der Waals surface area contributed by atoms with Crippen LogP contribution in [0.1, 0.15) is 37.9 Å². The van der Waals surface area contributed by atoms with Crippen molar-refractivity contribution < 1.29 is 28.3 Å². The van der Waals surface area contributed by atoms with Crippen molar-refractivity contribution in [1.82, 2.24) is 5.16 Å². The van der Waals surface area contributed by atoms with Crippen LogP contribution in [-0.4, -0.2) is 30.4 Å². The van der Waals surface area contributed by atoms with Crippen molar-refractivity contribution in [3.63, 3.8) is 0 Å². The zero-order valence-corrected chi connectivity index (χ0v) is 23.2. The van der Waals surface area contributed by atoms with Gasteiger partial charge in [-0.15, -0.1) is 0 Å². The molecule has 1 aliphatic carbocycles. The number of halogens is 1. The van der Waals surface area contributed by atoms with Gasteiger partial charge in [0.15, 0.2) is 5.76 Å². The number of esters is 1. The molecular formula is C31H29ClN2O6. The molecule has 0 atom stereocenters. The van der Waals surface area contributed by atoms with Crippen LogP contribution >= 0.6 is 11.6 Å². The van der Waals surface area contributed by atoms with E-state index in [0.717, 1.165) is 18.4 Å². The molecular weight excluding hydrogens is 532 g/mol. The first-order valence-corrected chi connectivity index (χ1v) is 13.5. The summed E-state index contributed by atoms with van der Waals surface area (Å²) in [7, 11) is 0. The third kappa shape index (κ3) is 5.27. The lowest BCUT2D eigenvalue weighted by atomic mass is 9.96. The zero-order chi connectivity index (χ0) is 28.3. The van der Waals surface area contributed by atoms with Gasteiger partial charge in [-0.2, -0.15) is 0 Å². The summed E-state index contributed by atoms with van der Waals surface area (Å²) in [6.45, 7) is 5.86. The largest absolute Gasteiger partial charge is 0.465 e. The number of aromatic nitrogens is 1. The standard InChI is InChI=1S/C31H29ClN2O6/c1-4-37-29(35)31(18-19-31)22-12-16-24(17-13-22)39-23-14-10-21(11-15-23)28-27(20(3)33-40-28)34(30(36)38-5-2)26-9-7-6-8-25(26)32/h6-17H,4-5,18-19H2,1-3H3. The fourth-order valence-corrected chi connectivity index (χ4v) is 4.83. The molecule has 0 radical (unpaired) electrons. The summed E-state index contributed by atoms with van der Waals surface area (Å²) in [6, 6.07) is 21.8. The number of carbonyl (C=O) groups excluding carboxylic acids is 2. The topological polar surface area (TPSA) is 91.1 Å². The monoisotopic (exact) mass is 560 g/mol. The van der Waals surface area contributed by atoms with Crippen LogP contribution < -0.4 is 9.64 Å². The maximum Gasteiger partial charge on any atom is 0.419 e. The summed E-state index contributed by atoms with van der Waals surface area (Å²) in [4.78, 5) is 26.8. The van der Waals surface area contributed by atoms with Gasteiger partial charge in [0.2, 0.25) is 0 Å². The molecule has 1 aromatic heterocycles. The average molecular weight is 561 g/mol. The maximum absolute atomic E-state index is 13.1. The molecule has 3 aromatic carbocycles. The first-order chi connectivity index (χ1) is 19.4. The van der Waals surface area contributed by atoms with Crippen molar-refractivity contribution in [2.75, 3.05) is 18.1 Å². The predicted molar refractivity (Wildman–Crippen MR) is 151 cm³/mol. The number of amides is 1. The number of nitrogens with zero attached hydrogens (tertiary/aromatic N) is 2. The predicted octanol–water partition coefficient (Wildman–Crippen LogP) is 7.99. The van der Waals surface area contributed by atoms with Gasteiger partial charge in [-0.05, 0) is 87.7 Å². The Balaban J connectivity index is 1.38. The fourth-order valence-electron chi connectivity index (χ4n) is 4.61. The van der Waals surface area contributed by atoms with E-state index in [2.05, 4.69) is 5.16 Å². The molecule has 0 spiro atoms. The molecule has 0 N–H and O–H groups in total. The number of anilines is 2. The van der Waals surface area contributed by atoms with Crippen LogP contribution in [0.5, 0.6) is 11.5 Å². The summed E-state index contributed by atoms with van der Waals surface area (Å²) < 4.78 is 22.3. The molecule has 1 saturated carbocycles. The van der Waals surface area contributed by atoms with Crippen LogP contribution in [0.2, 0.25) is 5.02 Å². The Labute approximate surface area is 237 Å². The van der Waals surface area contributed by atoms with Gasteiger partial charge >= 0.3 is 12.1 Å². The molecule has 5 rings (SSSR count). The van der Waals surface area contributed by atoms with Gasteiger partial charge in [0, 0.05) is 5.56 Å².